The van der Waals surface area contributed by atoms with Crippen molar-refractivity contribution >= 4 is 11.7 Å². The highest BCUT2D eigenvalue weighted by Gasteiger charge is 2.15. The van der Waals surface area contributed by atoms with Crippen LogP contribution in [-0.4, -0.2) is 18.1 Å². The molecule has 0 heterocycles. The zero-order valence-corrected chi connectivity index (χ0v) is 11.3. The summed E-state index contributed by atoms with van der Waals surface area (Å²) in [7, 11) is 0. The zero-order valence-electron chi connectivity index (χ0n) is 11.3. The average Bonchev–Trinajstić information content (AvgIpc) is 2.19. The number of aryl methyl sites for hydroxylation is 1. The predicted octanol–water partition coefficient (Wildman–Crippen LogP) is 3.28. The molecule has 0 spiro atoms. The van der Waals surface area contributed by atoms with Crippen molar-refractivity contribution in [1.82, 2.24) is 0 Å². The van der Waals surface area contributed by atoms with Crippen molar-refractivity contribution in [1.29, 1.82) is 0 Å². The van der Waals surface area contributed by atoms with Crippen molar-refractivity contribution in [2.24, 2.45) is 0 Å². The summed E-state index contributed by atoms with van der Waals surface area (Å²) in [6, 6.07) is 4.87. The summed E-state index contributed by atoms with van der Waals surface area (Å²) in [4.78, 5) is 11.5. The van der Waals surface area contributed by atoms with E-state index in [0.29, 0.717) is 12.2 Å². The van der Waals surface area contributed by atoms with E-state index in [-0.39, 0.29) is 18.2 Å². The van der Waals surface area contributed by atoms with Gasteiger partial charge in [-0.05, 0) is 39.3 Å². The fraction of sp³-hybridized carbons (Fsp3) is 0.500. The number of rotatable bonds is 4. The Kier molecular flexibility index (Phi) is 4.70. The first-order valence-corrected chi connectivity index (χ1v) is 6.00. The highest BCUT2D eigenvalue weighted by molar-refractivity contribution is 5.70. The molecule has 0 atom stereocenters. The Morgan fingerprint density at radius 2 is 2.06 bits per heavy atom. The second-order valence-electron chi connectivity index (χ2n) is 5.19. The quantitative estimate of drug-likeness (QED) is 0.837. The molecule has 0 unspecified atom stereocenters. The van der Waals surface area contributed by atoms with E-state index in [1.165, 1.54) is 6.07 Å². The molecule has 0 aromatic heterocycles. The van der Waals surface area contributed by atoms with Crippen LogP contribution in [-0.2, 0) is 9.53 Å². The Balaban J connectivity index is 2.45. The minimum absolute atomic E-state index is 0.213. The summed E-state index contributed by atoms with van der Waals surface area (Å²) in [5.41, 5.74) is 0.783. The maximum Gasteiger partial charge on any atom is 0.308 e. The van der Waals surface area contributed by atoms with E-state index in [2.05, 4.69) is 5.32 Å². The molecule has 0 saturated heterocycles. The van der Waals surface area contributed by atoms with E-state index in [0.717, 1.165) is 5.56 Å². The molecule has 1 aromatic rings. The molecule has 0 amide bonds. The van der Waals surface area contributed by atoms with Gasteiger partial charge in [-0.1, -0.05) is 12.1 Å². The summed E-state index contributed by atoms with van der Waals surface area (Å²) in [5, 5.41) is 2.92. The highest BCUT2D eigenvalue weighted by Crippen LogP contribution is 2.18. The van der Waals surface area contributed by atoms with Crippen LogP contribution in [0, 0.1) is 12.7 Å². The van der Waals surface area contributed by atoms with E-state index < -0.39 is 5.60 Å². The van der Waals surface area contributed by atoms with Crippen molar-refractivity contribution < 1.29 is 13.9 Å². The number of benzene rings is 1. The number of carbonyl (C=O) groups excluding carboxylic acids is 1. The Morgan fingerprint density at radius 1 is 1.39 bits per heavy atom. The van der Waals surface area contributed by atoms with Crippen LogP contribution in [0.4, 0.5) is 10.1 Å². The van der Waals surface area contributed by atoms with Crippen LogP contribution < -0.4 is 5.32 Å². The monoisotopic (exact) mass is 253 g/mol. The van der Waals surface area contributed by atoms with Crippen molar-refractivity contribution in [3.05, 3.63) is 29.6 Å². The Bertz CT molecular complexity index is 404. The molecule has 4 heteroatoms. The third kappa shape index (κ3) is 4.73. The molecule has 0 radical (unpaired) electrons. The van der Waals surface area contributed by atoms with Gasteiger partial charge in [0.15, 0.2) is 0 Å². The van der Waals surface area contributed by atoms with Crippen molar-refractivity contribution in [3.8, 4) is 0 Å². The van der Waals surface area contributed by atoms with Gasteiger partial charge >= 0.3 is 5.97 Å². The summed E-state index contributed by atoms with van der Waals surface area (Å²) in [6.45, 7) is 7.63. The second-order valence-corrected chi connectivity index (χ2v) is 5.19. The van der Waals surface area contributed by atoms with Crippen LogP contribution in [0.5, 0.6) is 0 Å². The largest absolute Gasteiger partial charge is 0.460 e. The van der Waals surface area contributed by atoms with Crippen LogP contribution in [0.25, 0.3) is 0 Å². The number of anilines is 1. The van der Waals surface area contributed by atoms with Crippen molar-refractivity contribution in [2.75, 3.05) is 11.9 Å². The van der Waals surface area contributed by atoms with Gasteiger partial charge in [0.25, 0.3) is 0 Å². The van der Waals surface area contributed by atoms with Gasteiger partial charge in [0.2, 0.25) is 0 Å². The van der Waals surface area contributed by atoms with E-state index in [1.807, 2.05) is 33.8 Å². The van der Waals surface area contributed by atoms with Crippen LogP contribution in [0.15, 0.2) is 18.2 Å². The molecule has 0 aliphatic rings. The molecule has 0 saturated carbocycles. The number of para-hydroxylation sites is 1. The minimum Gasteiger partial charge on any atom is -0.460 e. The fourth-order valence-electron chi connectivity index (χ4n) is 1.54. The fourth-order valence-corrected chi connectivity index (χ4v) is 1.54. The molecular weight excluding hydrogens is 233 g/mol. The second kappa shape index (κ2) is 5.85. The van der Waals surface area contributed by atoms with E-state index in [1.54, 1.807) is 6.07 Å². The summed E-state index contributed by atoms with van der Waals surface area (Å²) >= 11 is 0. The van der Waals surface area contributed by atoms with Gasteiger partial charge in [-0.2, -0.15) is 0 Å². The van der Waals surface area contributed by atoms with Gasteiger partial charge in [-0.3, -0.25) is 4.79 Å². The van der Waals surface area contributed by atoms with Crippen LogP contribution in [0.3, 0.4) is 0 Å². The number of carbonyl (C=O) groups is 1. The molecule has 1 rings (SSSR count). The highest BCUT2D eigenvalue weighted by atomic mass is 19.1. The first-order chi connectivity index (χ1) is 8.29. The third-order valence-corrected chi connectivity index (χ3v) is 2.27. The lowest BCUT2D eigenvalue weighted by atomic mass is 10.2. The van der Waals surface area contributed by atoms with Crippen LogP contribution in [0.1, 0.15) is 32.8 Å². The summed E-state index contributed by atoms with van der Waals surface area (Å²) in [6.07, 6.45) is 0.213. The molecule has 0 fully saturated rings. The molecular formula is C14H20FNO2. The number of ether oxygens (including phenoxy) is 1. The third-order valence-electron chi connectivity index (χ3n) is 2.27. The Morgan fingerprint density at radius 3 is 2.61 bits per heavy atom. The van der Waals surface area contributed by atoms with Gasteiger partial charge < -0.3 is 10.1 Å². The van der Waals surface area contributed by atoms with Gasteiger partial charge in [-0.15, -0.1) is 0 Å². The standard InChI is InChI=1S/C14H20FNO2/c1-10-6-5-7-11(15)13(10)16-9-8-12(17)18-14(2,3)4/h5-7,16H,8-9H2,1-4H3. The summed E-state index contributed by atoms with van der Waals surface area (Å²) in [5.74, 6) is -0.594. The van der Waals surface area contributed by atoms with Gasteiger partial charge in [0, 0.05) is 6.54 Å². The molecule has 18 heavy (non-hydrogen) atoms. The van der Waals surface area contributed by atoms with Gasteiger partial charge in [-0.25, -0.2) is 4.39 Å². The minimum atomic E-state index is -0.481. The van der Waals surface area contributed by atoms with Crippen LogP contribution >= 0.6 is 0 Å². The lowest BCUT2D eigenvalue weighted by Gasteiger charge is -2.19. The molecule has 1 aromatic carbocycles. The maximum atomic E-state index is 13.5. The van der Waals surface area contributed by atoms with E-state index in [9.17, 15) is 9.18 Å². The van der Waals surface area contributed by atoms with E-state index in [4.69, 9.17) is 4.74 Å². The molecule has 0 bridgehead atoms. The van der Waals surface area contributed by atoms with Crippen molar-refractivity contribution in [3.63, 3.8) is 0 Å². The molecule has 1 N–H and O–H groups in total. The number of halogens is 1. The summed E-state index contributed by atoms with van der Waals surface area (Å²) < 4.78 is 18.6. The topological polar surface area (TPSA) is 38.3 Å². The number of esters is 1. The molecule has 3 nitrogen and oxygen atoms in total. The Hall–Kier alpha value is -1.58. The zero-order chi connectivity index (χ0) is 13.8. The lowest BCUT2D eigenvalue weighted by molar-refractivity contribution is -0.154. The smallest absolute Gasteiger partial charge is 0.308 e. The molecule has 0 aliphatic heterocycles. The first kappa shape index (κ1) is 14.5. The van der Waals surface area contributed by atoms with Gasteiger partial charge in [0.05, 0.1) is 12.1 Å². The maximum absolute atomic E-state index is 13.5. The molecule has 100 valence electrons. The first-order valence-electron chi connectivity index (χ1n) is 6.00. The molecule has 0 aliphatic carbocycles. The number of nitrogens with one attached hydrogen (secondary N) is 1. The van der Waals surface area contributed by atoms with E-state index >= 15 is 0 Å². The number of hydrogen-bond donors (Lipinski definition) is 1. The van der Waals surface area contributed by atoms with Crippen molar-refractivity contribution in [2.45, 2.75) is 39.7 Å². The average molecular weight is 253 g/mol. The lowest BCUT2D eigenvalue weighted by Crippen LogP contribution is -2.25. The predicted molar refractivity (Wildman–Crippen MR) is 70.1 cm³/mol. The van der Waals surface area contributed by atoms with Gasteiger partial charge in [0.1, 0.15) is 11.4 Å². The van der Waals surface area contributed by atoms with Crippen LogP contribution in [0.2, 0.25) is 0 Å². The normalized spacial score (nSPS) is 11.2. The SMILES string of the molecule is Cc1cccc(F)c1NCCC(=O)OC(C)(C)C. The Labute approximate surface area is 107 Å². The number of hydrogen-bond acceptors (Lipinski definition) is 3.